The molecule has 0 unspecified atom stereocenters. The molecule has 6 nitrogen and oxygen atoms in total. The van der Waals surface area contributed by atoms with Crippen molar-refractivity contribution in [2.75, 3.05) is 39.6 Å². The van der Waals surface area contributed by atoms with Crippen molar-refractivity contribution in [3.63, 3.8) is 0 Å². The van der Waals surface area contributed by atoms with Gasteiger partial charge < -0.3 is 28.4 Å². The molecule has 5 aromatic carbocycles. The summed E-state index contributed by atoms with van der Waals surface area (Å²) >= 11 is 8.22. The van der Waals surface area contributed by atoms with Gasteiger partial charge in [-0.3, -0.25) is 0 Å². The van der Waals surface area contributed by atoms with Gasteiger partial charge in [-0.1, -0.05) is 157 Å². The van der Waals surface area contributed by atoms with Crippen LogP contribution in [0.5, 0.6) is 34.5 Å². The molecular formula is C58H84Br2O6. The summed E-state index contributed by atoms with van der Waals surface area (Å²) in [5.41, 5.74) is 0. The molecule has 0 fully saturated rings. The maximum Gasteiger partial charge on any atom is 0.177 e. The second-order valence-electron chi connectivity index (χ2n) is 18.4. The van der Waals surface area contributed by atoms with Gasteiger partial charge in [0.1, 0.15) is 0 Å². The van der Waals surface area contributed by atoms with E-state index in [0.29, 0.717) is 39.6 Å². The van der Waals surface area contributed by atoms with Gasteiger partial charge in [-0.25, -0.2) is 0 Å². The van der Waals surface area contributed by atoms with E-state index in [1.54, 1.807) is 0 Å². The predicted molar refractivity (Wildman–Crippen MR) is 290 cm³/mol. The van der Waals surface area contributed by atoms with E-state index in [1.807, 2.05) is 0 Å². The van der Waals surface area contributed by atoms with Crippen molar-refractivity contribution in [2.45, 2.75) is 196 Å². The van der Waals surface area contributed by atoms with Crippen molar-refractivity contribution in [3.8, 4) is 34.5 Å². The van der Waals surface area contributed by atoms with Crippen LogP contribution in [0.3, 0.4) is 0 Å². The molecular weight excluding hydrogens is 952 g/mol. The number of halogens is 2. The van der Waals surface area contributed by atoms with Gasteiger partial charge in [-0.2, -0.15) is 0 Å². The molecule has 0 aliphatic carbocycles. The van der Waals surface area contributed by atoms with Crippen LogP contribution in [-0.2, 0) is 0 Å². The quantitative estimate of drug-likeness (QED) is 0.0226. The zero-order chi connectivity index (χ0) is 46.9. The van der Waals surface area contributed by atoms with Gasteiger partial charge in [0.05, 0.1) is 48.6 Å². The summed E-state index contributed by atoms with van der Waals surface area (Å²) in [6.07, 6.45) is 27.3. The number of benzene rings is 5. The second kappa shape index (κ2) is 30.4. The minimum atomic E-state index is 0.633. The molecule has 0 atom stereocenters. The number of rotatable bonds is 36. The SMILES string of the molecule is CCCCCCOc1cc2c3cc(OCCCCCC)c(OCCCCCC)cc3c3cc4c(Br)c(OCCCCCC)c(OCCCCCC)c(Br)c4cc3c2cc1OCCCCCC. The van der Waals surface area contributed by atoms with E-state index in [0.717, 1.165) is 164 Å². The van der Waals surface area contributed by atoms with Crippen molar-refractivity contribution < 1.29 is 28.4 Å². The first-order chi connectivity index (χ1) is 32.4. The Morgan fingerprint density at radius 2 is 0.470 bits per heavy atom. The van der Waals surface area contributed by atoms with E-state index in [-0.39, 0.29) is 0 Å². The van der Waals surface area contributed by atoms with E-state index >= 15 is 0 Å². The van der Waals surface area contributed by atoms with Crippen molar-refractivity contribution in [2.24, 2.45) is 0 Å². The van der Waals surface area contributed by atoms with Crippen LogP contribution in [0.25, 0.3) is 43.1 Å². The molecule has 0 radical (unpaired) electrons. The number of ether oxygens (including phenoxy) is 6. The summed E-state index contributed by atoms with van der Waals surface area (Å²) < 4.78 is 42.0. The largest absolute Gasteiger partial charge is 0.490 e. The fourth-order valence-corrected chi connectivity index (χ4v) is 10.1. The van der Waals surface area contributed by atoms with E-state index in [4.69, 9.17) is 28.4 Å². The lowest BCUT2D eigenvalue weighted by Crippen LogP contribution is -2.05. The summed E-state index contributed by atoms with van der Waals surface area (Å²) in [6.45, 7) is 17.4. The minimum Gasteiger partial charge on any atom is -0.490 e. The van der Waals surface area contributed by atoms with Crippen molar-refractivity contribution in [1.29, 1.82) is 0 Å². The predicted octanol–water partition coefficient (Wildman–Crippen LogP) is 19.6. The second-order valence-corrected chi connectivity index (χ2v) is 20.0. The number of fused-ring (bicyclic) bond motifs is 7. The highest BCUT2D eigenvalue weighted by molar-refractivity contribution is 9.11. The molecule has 0 saturated carbocycles. The summed E-state index contributed by atoms with van der Waals surface area (Å²) in [6, 6.07) is 13.7. The molecule has 0 bridgehead atoms. The Bertz CT molecular complexity index is 2050. The summed E-state index contributed by atoms with van der Waals surface area (Å²) in [7, 11) is 0. The summed E-state index contributed by atoms with van der Waals surface area (Å²) in [4.78, 5) is 0. The molecule has 66 heavy (non-hydrogen) atoms. The standard InChI is InChI=1S/C58H84Br2O6/c1-7-13-19-25-31-61-51-39-45-43-37-49-50(56(60)58(66-36-30-24-18-12-6)57(55(49)59)65-35-29-23-17-11-5)38-44(43)46-40-52(62-32-26-20-14-8-2)54(64-34-28-22-16-10-4)42-48(46)47(45)41-53(51)63-33-27-21-15-9-3/h37-42H,7-36H2,1-6H3. The summed E-state index contributed by atoms with van der Waals surface area (Å²) in [5.74, 6) is 4.74. The molecule has 5 rings (SSSR count). The molecule has 0 spiro atoms. The maximum absolute atomic E-state index is 6.71. The van der Waals surface area contributed by atoms with Gasteiger partial charge in [0, 0.05) is 10.8 Å². The molecule has 8 heteroatoms. The molecule has 0 N–H and O–H groups in total. The Morgan fingerprint density at radius 1 is 0.258 bits per heavy atom. The lowest BCUT2D eigenvalue weighted by Gasteiger charge is -2.21. The highest BCUT2D eigenvalue weighted by Crippen LogP contribution is 2.51. The van der Waals surface area contributed by atoms with Gasteiger partial charge in [-0.05, 0) is 139 Å². The van der Waals surface area contributed by atoms with Crippen LogP contribution < -0.4 is 28.4 Å². The number of hydrogen-bond donors (Lipinski definition) is 0. The minimum absolute atomic E-state index is 0.633. The van der Waals surface area contributed by atoms with Crippen molar-refractivity contribution >= 4 is 74.9 Å². The van der Waals surface area contributed by atoms with Crippen LogP contribution in [-0.4, -0.2) is 39.6 Å². The van der Waals surface area contributed by atoms with Crippen LogP contribution >= 0.6 is 31.9 Å². The van der Waals surface area contributed by atoms with Gasteiger partial charge in [-0.15, -0.1) is 0 Å². The fraction of sp³-hybridized carbons (Fsp3) is 0.621. The Labute approximate surface area is 416 Å². The third-order valence-corrected chi connectivity index (χ3v) is 14.4. The topological polar surface area (TPSA) is 55.4 Å². The Kier molecular flexibility index (Phi) is 24.8. The lowest BCUT2D eigenvalue weighted by molar-refractivity contribution is 0.257. The zero-order valence-corrected chi connectivity index (χ0v) is 45.1. The van der Waals surface area contributed by atoms with Gasteiger partial charge in [0.25, 0.3) is 0 Å². The van der Waals surface area contributed by atoms with E-state index < -0.39 is 0 Å². The zero-order valence-electron chi connectivity index (χ0n) is 41.9. The smallest absolute Gasteiger partial charge is 0.177 e. The molecule has 0 aliphatic heterocycles. The van der Waals surface area contributed by atoms with E-state index in [9.17, 15) is 0 Å². The first-order valence-electron chi connectivity index (χ1n) is 26.5. The average molecular weight is 1040 g/mol. The van der Waals surface area contributed by atoms with Crippen LogP contribution in [0.15, 0.2) is 45.3 Å². The average Bonchev–Trinajstić information content (AvgIpc) is 3.33. The Morgan fingerprint density at radius 3 is 0.697 bits per heavy atom. The van der Waals surface area contributed by atoms with E-state index in [2.05, 4.69) is 110 Å². The van der Waals surface area contributed by atoms with E-state index in [1.165, 1.54) is 77.0 Å². The Balaban J connectivity index is 1.79. The third-order valence-electron chi connectivity index (χ3n) is 12.8. The van der Waals surface area contributed by atoms with Gasteiger partial charge >= 0.3 is 0 Å². The fourth-order valence-electron chi connectivity index (χ4n) is 8.82. The third kappa shape index (κ3) is 15.5. The van der Waals surface area contributed by atoms with Crippen LogP contribution in [0.4, 0.5) is 0 Å². The molecule has 0 saturated heterocycles. The monoisotopic (exact) mass is 1030 g/mol. The number of hydrogen-bond acceptors (Lipinski definition) is 6. The van der Waals surface area contributed by atoms with Crippen LogP contribution in [0.1, 0.15) is 196 Å². The highest BCUT2D eigenvalue weighted by atomic mass is 79.9. The first kappa shape index (κ1) is 53.8. The van der Waals surface area contributed by atoms with Gasteiger partial charge in [0.15, 0.2) is 34.5 Å². The summed E-state index contributed by atoms with van der Waals surface area (Å²) in [5, 5.41) is 8.84. The lowest BCUT2D eigenvalue weighted by atomic mass is 9.91. The van der Waals surface area contributed by atoms with Gasteiger partial charge in [0.2, 0.25) is 0 Å². The molecule has 366 valence electrons. The Hall–Kier alpha value is -3.10. The van der Waals surface area contributed by atoms with Crippen molar-refractivity contribution in [1.82, 2.24) is 0 Å². The molecule has 5 aromatic rings. The van der Waals surface area contributed by atoms with Crippen LogP contribution in [0.2, 0.25) is 0 Å². The molecule has 0 aliphatic rings. The maximum atomic E-state index is 6.71. The number of unbranched alkanes of at least 4 members (excludes halogenated alkanes) is 18. The molecule has 0 heterocycles. The van der Waals surface area contributed by atoms with Crippen molar-refractivity contribution in [3.05, 3.63) is 45.3 Å². The highest BCUT2D eigenvalue weighted by Gasteiger charge is 2.24. The normalized spacial score (nSPS) is 11.6. The van der Waals surface area contributed by atoms with Crippen LogP contribution in [0, 0.1) is 0 Å². The molecule has 0 aromatic heterocycles. The molecule has 0 amide bonds. The first-order valence-corrected chi connectivity index (χ1v) is 28.1.